The van der Waals surface area contributed by atoms with E-state index >= 15 is 0 Å². The van der Waals surface area contributed by atoms with Gasteiger partial charge in [-0.3, -0.25) is 4.99 Å². The van der Waals surface area contributed by atoms with Crippen molar-refractivity contribution in [3.8, 4) is 5.75 Å². The predicted octanol–water partition coefficient (Wildman–Crippen LogP) is 3.98. The molecule has 0 heterocycles. The largest absolute Gasteiger partial charge is 0.506 e. The molecule has 21 heavy (non-hydrogen) atoms. The fourth-order valence-corrected chi connectivity index (χ4v) is 2.31. The highest BCUT2D eigenvalue weighted by Crippen LogP contribution is 2.33. The van der Waals surface area contributed by atoms with Crippen molar-refractivity contribution < 1.29 is 15.0 Å². The van der Waals surface area contributed by atoms with Crippen molar-refractivity contribution in [3.05, 3.63) is 27.7 Å². The maximum absolute atomic E-state index is 11.2. The third kappa shape index (κ3) is 4.56. The molecule has 4 nitrogen and oxygen atoms in total. The molecule has 0 aliphatic rings. The third-order valence-electron chi connectivity index (χ3n) is 3.22. The maximum Gasteiger partial charge on any atom is 0.328 e. The van der Waals surface area contributed by atoms with Gasteiger partial charge in [-0.05, 0) is 45.0 Å². The average Bonchev–Trinajstić information content (AvgIpc) is 2.32. The molecular weight excluding hydrogens is 334 g/mol. The summed E-state index contributed by atoms with van der Waals surface area (Å²) in [5.41, 5.74) is 1.47. The Balaban J connectivity index is 3.24. The van der Waals surface area contributed by atoms with Crippen LogP contribution in [0.5, 0.6) is 5.75 Å². The Labute approximate surface area is 134 Å². The number of nitrogens with zero attached hydrogens (tertiary/aromatic N) is 1. The number of hydrogen-bond donors (Lipinski definition) is 2. The lowest BCUT2D eigenvalue weighted by Crippen LogP contribution is -2.24. The average molecular weight is 356 g/mol. The van der Waals surface area contributed by atoms with Gasteiger partial charge in [0, 0.05) is 11.8 Å². The van der Waals surface area contributed by atoms with Gasteiger partial charge in [-0.1, -0.05) is 34.6 Å². The minimum Gasteiger partial charge on any atom is -0.506 e. The number of rotatable bonds is 4. The first kappa shape index (κ1) is 17.7. The lowest BCUT2D eigenvalue weighted by Gasteiger charge is -2.20. The summed E-state index contributed by atoms with van der Waals surface area (Å²) >= 11 is 3.33. The summed E-state index contributed by atoms with van der Waals surface area (Å²) in [5, 5.41) is 19.2. The van der Waals surface area contributed by atoms with E-state index < -0.39 is 12.0 Å². The fourth-order valence-electron chi connectivity index (χ4n) is 1.83. The Kier molecular flexibility index (Phi) is 5.56. The molecule has 0 saturated carbocycles. The molecule has 0 aromatic heterocycles. The van der Waals surface area contributed by atoms with E-state index in [-0.39, 0.29) is 17.1 Å². The van der Waals surface area contributed by atoms with Crippen LogP contribution in [0.15, 0.2) is 21.6 Å². The second-order valence-corrected chi connectivity index (χ2v) is 7.31. The highest BCUT2D eigenvalue weighted by atomic mass is 79.9. The highest BCUT2D eigenvalue weighted by molar-refractivity contribution is 9.10. The number of phenols is 1. The molecule has 0 aliphatic heterocycles. The van der Waals surface area contributed by atoms with Crippen molar-refractivity contribution in [2.24, 2.45) is 10.9 Å². The Morgan fingerprint density at radius 3 is 2.33 bits per heavy atom. The molecule has 0 amide bonds. The molecule has 0 radical (unpaired) electrons. The summed E-state index contributed by atoms with van der Waals surface area (Å²) in [6.07, 6.45) is 1.44. The van der Waals surface area contributed by atoms with Crippen LogP contribution in [-0.2, 0) is 10.2 Å². The number of hydrogen-bond acceptors (Lipinski definition) is 3. The lowest BCUT2D eigenvalue weighted by molar-refractivity contribution is -0.139. The third-order valence-corrected chi connectivity index (χ3v) is 3.82. The molecule has 0 saturated heterocycles. The number of carboxylic acid groups (broad SMARTS) is 1. The molecule has 1 aromatic carbocycles. The molecule has 0 spiro atoms. The van der Waals surface area contributed by atoms with E-state index in [0.29, 0.717) is 10.0 Å². The maximum atomic E-state index is 11.2. The SMILES string of the molecule is CC(C)[C@H](N=Cc1cc(C(C)(C)C)cc(Br)c1O)C(=O)O. The Morgan fingerprint density at radius 2 is 1.90 bits per heavy atom. The van der Waals surface area contributed by atoms with Crippen LogP contribution >= 0.6 is 15.9 Å². The number of halogens is 1. The van der Waals surface area contributed by atoms with E-state index in [0.717, 1.165) is 5.56 Å². The van der Waals surface area contributed by atoms with Crippen LogP contribution in [-0.4, -0.2) is 28.4 Å². The summed E-state index contributed by atoms with van der Waals surface area (Å²) in [6, 6.07) is 2.88. The Hall–Kier alpha value is -1.36. The number of benzene rings is 1. The first-order valence-corrected chi connectivity index (χ1v) is 7.62. The van der Waals surface area contributed by atoms with Crippen LogP contribution in [0.25, 0.3) is 0 Å². The van der Waals surface area contributed by atoms with Gasteiger partial charge in [0.25, 0.3) is 0 Å². The number of phenolic OH excluding ortho intramolecular Hbond substituents is 1. The van der Waals surface area contributed by atoms with Crippen LogP contribution in [0.3, 0.4) is 0 Å². The van der Waals surface area contributed by atoms with Gasteiger partial charge < -0.3 is 10.2 Å². The molecule has 116 valence electrons. The zero-order chi connectivity index (χ0) is 16.4. The summed E-state index contributed by atoms with van der Waals surface area (Å²) in [5.74, 6) is -1.01. The second-order valence-electron chi connectivity index (χ2n) is 6.45. The van der Waals surface area contributed by atoms with Gasteiger partial charge in [-0.25, -0.2) is 4.79 Å². The standard InChI is InChI=1S/C16H22BrNO3/c1-9(2)13(15(20)21)18-8-10-6-11(16(3,4)5)7-12(17)14(10)19/h6-9,13,19H,1-5H3,(H,20,21)/t13-/m0/s1. The zero-order valence-corrected chi connectivity index (χ0v) is 14.6. The summed E-state index contributed by atoms with van der Waals surface area (Å²) < 4.78 is 0.577. The Morgan fingerprint density at radius 1 is 1.33 bits per heavy atom. The van der Waals surface area contributed by atoms with Crippen molar-refractivity contribution in [1.29, 1.82) is 0 Å². The van der Waals surface area contributed by atoms with Crippen molar-refractivity contribution in [2.45, 2.75) is 46.1 Å². The topological polar surface area (TPSA) is 69.9 Å². The molecule has 0 unspecified atom stereocenters. The molecule has 0 aliphatic carbocycles. The van der Waals surface area contributed by atoms with E-state index in [9.17, 15) is 9.90 Å². The number of carboxylic acids is 1. The van der Waals surface area contributed by atoms with Crippen LogP contribution in [0.2, 0.25) is 0 Å². The predicted molar refractivity (Wildman–Crippen MR) is 88.4 cm³/mol. The lowest BCUT2D eigenvalue weighted by atomic mass is 9.86. The van der Waals surface area contributed by atoms with Crippen LogP contribution in [0.1, 0.15) is 45.7 Å². The van der Waals surface area contributed by atoms with Gasteiger partial charge in [-0.15, -0.1) is 0 Å². The van der Waals surface area contributed by atoms with Gasteiger partial charge in [-0.2, -0.15) is 0 Å². The molecule has 5 heteroatoms. The monoisotopic (exact) mass is 355 g/mol. The zero-order valence-electron chi connectivity index (χ0n) is 13.0. The second kappa shape index (κ2) is 6.60. The number of aliphatic carboxylic acids is 1. The van der Waals surface area contributed by atoms with E-state index in [1.165, 1.54) is 6.21 Å². The van der Waals surface area contributed by atoms with Gasteiger partial charge in [0.2, 0.25) is 0 Å². The molecule has 1 rings (SSSR count). The molecule has 2 N–H and O–H groups in total. The molecular formula is C16H22BrNO3. The Bertz CT molecular complexity index is 559. The molecule has 0 fully saturated rings. The van der Waals surface area contributed by atoms with Gasteiger partial charge in [0.1, 0.15) is 11.8 Å². The van der Waals surface area contributed by atoms with E-state index in [1.54, 1.807) is 13.8 Å². The van der Waals surface area contributed by atoms with E-state index in [4.69, 9.17) is 5.11 Å². The normalized spacial score (nSPS) is 13.9. The number of aromatic hydroxyl groups is 1. The van der Waals surface area contributed by atoms with Crippen LogP contribution < -0.4 is 0 Å². The minimum atomic E-state index is -0.966. The highest BCUT2D eigenvalue weighted by Gasteiger charge is 2.21. The fraction of sp³-hybridized carbons (Fsp3) is 0.500. The summed E-state index contributed by atoms with van der Waals surface area (Å²) in [7, 11) is 0. The minimum absolute atomic E-state index is 0.0691. The van der Waals surface area contributed by atoms with Gasteiger partial charge in [0.05, 0.1) is 4.47 Å². The van der Waals surface area contributed by atoms with Crippen molar-refractivity contribution in [1.82, 2.24) is 0 Å². The van der Waals surface area contributed by atoms with Crippen LogP contribution in [0, 0.1) is 5.92 Å². The van der Waals surface area contributed by atoms with Gasteiger partial charge >= 0.3 is 5.97 Å². The van der Waals surface area contributed by atoms with Crippen molar-refractivity contribution in [2.75, 3.05) is 0 Å². The molecule has 0 bridgehead atoms. The quantitative estimate of drug-likeness (QED) is 0.802. The van der Waals surface area contributed by atoms with E-state index in [1.807, 2.05) is 12.1 Å². The summed E-state index contributed by atoms with van der Waals surface area (Å²) in [4.78, 5) is 15.3. The molecule has 1 aromatic rings. The van der Waals surface area contributed by atoms with Crippen LogP contribution in [0.4, 0.5) is 0 Å². The van der Waals surface area contributed by atoms with Gasteiger partial charge in [0.15, 0.2) is 0 Å². The first-order valence-electron chi connectivity index (χ1n) is 6.83. The smallest absolute Gasteiger partial charge is 0.328 e. The number of carbonyl (C=O) groups is 1. The molecule has 1 atom stereocenters. The van der Waals surface area contributed by atoms with Crippen molar-refractivity contribution in [3.63, 3.8) is 0 Å². The number of aliphatic imine (C=N–C) groups is 1. The first-order chi connectivity index (χ1) is 9.54. The van der Waals surface area contributed by atoms with E-state index in [2.05, 4.69) is 41.7 Å². The van der Waals surface area contributed by atoms with Crippen molar-refractivity contribution >= 4 is 28.1 Å². The summed E-state index contributed by atoms with van der Waals surface area (Å²) in [6.45, 7) is 9.82.